The molecule has 0 aliphatic carbocycles. The molecule has 5 heteroatoms. The monoisotopic (exact) mass is 314 g/mol. The number of benzene rings is 2. The summed E-state index contributed by atoms with van der Waals surface area (Å²) >= 11 is 9.07. The number of nitrogens with two attached hydrogens (primary N) is 1. The van der Waals surface area contributed by atoms with E-state index in [-0.39, 0.29) is 5.82 Å². The lowest BCUT2D eigenvalue weighted by molar-refractivity contribution is 0.631. The molecule has 2 aromatic carbocycles. The maximum absolute atomic E-state index is 13.5. The van der Waals surface area contributed by atoms with Gasteiger partial charge in [0.2, 0.25) is 0 Å². The Morgan fingerprint density at radius 1 is 1.12 bits per heavy atom. The molecule has 0 radical (unpaired) electrons. The van der Waals surface area contributed by atoms with Crippen molar-refractivity contribution in [2.24, 2.45) is 0 Å². The molecule has 2 rings (SSSR count). The fourth-order valence-corrected chi connectivity index (χ4v) is 1.93. The van der Waals surface area contributed by atoms with Crippen LogP contribution in [0.2, 0.25) is 5.02 Å². The van der Waals surface area contributed by atoms with Gasteiger partial charge < -0.3 is 11.1 Å². The molecular weight excluding hydrogens is 307 g/mol. The maximum Gasteiger partial charge on any atom is 0.146 e. The molecule has 0 bridgehead atoms. The van der Waals surface area contributed by atoms with Crippen LogP contribution in [0.4, 0.5) is 21.5 Å². The second kappa shape index (κ2) is 4.94. The van der Waals surface area contributed by atoms with E-state index in [1.54, 1.807) is 30.3 Å². The summed E-state index contributed by atoms with van der Waals surface area (Å²) in [4.78, 5) is 0. The average Bonchev–Trinajstić information content (AvgIpc) is 2.27. The van der Waals surface area contributed by atoms with E-state index in [9.17, 15) is 4.39 Å². The second-order valence-corrected chi connectivity index (χ2v) is 4.83. The van der Waals surface area contributed by atoms with Gasteiger partial charge in [-0.15, -0.1) is 0 Å². The summed E-state index contributed by atoms with van der Waals surface area (Å²) in [5.41, 5.74) is 7.22. The first-order valence-electron chi connectivity index (χ1n) is 4.83. The highest BCUT2D eigenvalue weighted by molar-refractivity contribution is 9.10. The van der Waals surface area contributed by atoms with Gasteiger partial charge in [-0.1, -0.05) is 27.5 Å². The molecule has 3 N–H and O–H groups in total. The first-order valence-corrected chi connectivity index (χ1v) is 6.00. The van der Waals surface area contributed by atoms with Crippen LogP contribution >= 0.6 is 27.5 Å². The Labute approximate surface area is 112 Å². The Bertz CT molecular complexity index is 560. The lowest BCUT2D eigenvalue weighted by Crippen LogP contribution is -1.98. The summed E-state index contributed by atoms with van der Waals surface area (Å²) in [5.74, 6) is -0.345. The zero-order valence-electron chi connectivity index (χ0n) is 8.68. The summed E-state index contributed by atoms with van der Waals surface area (Å²) in [6.07, 6.45) is 0. The first kappa shape index (κ1) is 12.2. The molecule has 0 aliphatic heterocycles. The third-order valence-corrected chi connectivity index (χ3v) is 2.94. The van der Waals surface area contributed by atoms with Crippen molar-refractivity contribution in [1.82, 2.24) is 0 Å². The molecule has 0 fully saturated rings. The molecule has 0 atom stereocenters. The average molecular weight is 316 g/mol. The molecule has 0 amide bonds. The second-order valence-electron chi connectivity index (χ2n) is 3.48. The topological polar surface area (TPSA) is 38.0 Å². The molecule has 2 nitrogen and oxygen atoms in total. The highest BCUT2D eigenvalue weighted by Gasteiger charge is 2.05. The van der Waals surface area contributed by atoms with Gasteiger partial charge in [0.05, 0.1) is 17.1 Å². The third kappa shape index (κ3) is 2.90. The summed E-state index contributed by atoms with van der Waals surface area (Å²) < 4.78 is 14.3. The van der Waals surface area contributed by atoms with E-state index in [1.165, 1.54) is 6.07 Å². The zero-order chi connectivity index (χ0) is 12.4. The molecule has 88 valence electrons. The molecule has 0 saturated carbocycles. The smallest absolute Gasteiger partial charge is 0.146 e. The van der Waals surface area contributed by atoms with Gasteiger partial charge in [0, 0.05) is 9.50 Å². The van der Waals surface area contributed by atoms with E-state index < -0.39 is 0 Å². The molecule has 17 heavy (non-hydrogen) atoms. The molecule has 0 heterocycles. The highest BCUT2D eigenvalue weighted by Crippen LogP contribution is 2.28. The number of halogens is 3. The van der Waals surface area contributed by atoms with Crippen LogP contribution in [0.25, 0.3) is 0 Å². The number of anilines is 3. The number of hydrogen-bond donors (Lipinski definition) is 2. The predicted octanol–water partition coefficient (Wildman–Crippen LogP) is 4.57. The molecule has 0 spiro atoms. The fourth-order valence-electron chi connectivity index (χ4n) is 1.39. The van der Waals surface area contributed by atoms with Crippen LogP contribution in [-0.4, -0.2) is 0 Å². The zero-order valence-corrected chi connectivity index (χ0v) is 11.0. The molecule has 0 aromatic heterocycles. The lowest BCUT2D eigenvalue weighted by Gasteiger charge is -2.10. The van der Waals surface area contributed by atoms with Gasteiger partial charge >= 0.3 is 0 Å². The van der Waals surface area contributed by atoms with Gasteiger partial charge in [0.25, 0.3) is 0 Å². The Balaban J connectivity index is 2.34. The molecular formula is C12H9BrClFN2. The largest absolute Gasteiger partial charge is 0.397 e. The van der Waals surface area contributed by atoms with E-state index in [4.69, 9.17) is 17.3 Å². The molecule has 2 aromatic rings. The standard InChI is InChI=1S/C12H9BrClFN2/c13-7-1-3-9(15)12(5-7)17-11-4-2-8(14)6-10(11)16/h1-6,17H,16H2. The highest BCUT2D eigenvalue weighted by atomic mass is 79.9. The molecule has 0 aliphatic rings. The fraction of sp³-hybridized carbons (Fsp3) is 0. The van der Waals surface area contributed by atoms with Crippen molar-refractivity contribution in [2.45, 2.75) is 0 Å². The number of nitrogens with one attached hydrogen (secondary N) is 1. The lowest BCUT2D eigenvalue weighted by atomic mass is 10.2. The van der Waals surface area contributed by atoms with Crippen LogP contribution in [0, 0.1) is 5.82 Å². The number of nitrogen functional groups attached to an aromatic ring is 1. The van der Waals surface area contributed by atoms with Gasteiger partial charge in [-0.2, -0.15) is 0 Å². The Morgan fingerprint density at radius 2 is 1.88 bits per heavy atom. The molecule has 0 unspecified atom stereocenters. The van der Waals surface area contributed by atoms with Gasteiger partial charge in [0.15, 0.2) is 0 Å². The normalized spacial score (nSPS) is 10.3. The minimum absolute atomic E-state index is 0.345. The van der Waals surface area contributed by atoms with Crippen molar-refractivity contribution in [3.05, 3.63) is 51.7 Å². The summed E-state index contributed by atoms with van der Waals surface area (Å²) in [6.45, 7) is 0. The van der Waals surface area contributed by atoms with E-state index in [2.05, 4.69) is 21.2 Å². The van der Waals surface area contributed by atoms with Crippen LogP contribution in [-0.2, 0) is 0 Å². The number of hydrogen-bond acceptors (Lipinski definition) is 2. The van der Waals surface area contributed by atoms with Crippen LogP contribution in [0.1, 0.15) is 0 Å². The van der Waals surface area contributed by atoms with Gasteiger partial charge in [-0.25, -0.2) is 4.39 Å². The number of rotatable bonds is 2. The SMILES string of the molecule is Nc1cc(Cl)ccc1Nc1cc(Br)ccc1F. The van der Waals surface area contributed by atoms with Crippen LogP contribution < -0.4 is 11.1 Å². The Hall–Kier alpha value is -1.26. The van der Waals surface area contributed by atoms with Crippen molar-refractivity contribution >= 4 is 44.6 Å². The van der Waals surface area contributed by atoms with E-state index in [1.807, 2.05) is 0 Å². The van der Waals surface area contributed by atoms with Crippen molar-refractivity contribution < 1.29 is 4.39 Å². The maximum atomic E-state index is 13.5. The quantitative estimate of drug-likeness (QED) is 0.797. The van der Waals surface area contributed by atoms with E-state index >= 15 is 0 Å². The van der Waals surface area contributed by atoms with Crippen molar-refractivity contribution in [1.29, 1.82) is 0 Å². The van der Waals surface area contributed by atoms with Crippen LogP contribution in [0.3, 0.4) is 0 Å². The Morgan fingerprint density at radius 3 is 2.59 bits per heavy atom. The minimum atomic E-state index is -0.345. The van der Waals surface area contributed by atoms with Crippen molar-refractivity contribution in [2.75, 3.05) is 11.1 Å². The third-order valence-electron chi connectivity index (χ3n) is 2.21. The summed E-state index contributed by atoms with van der Waals surface area (Å²) in [5, 5.41) is 3.46. The van der Waals surface area contributed by atoms with Crippen LogP contribution in [0.5, 0.6) is 0 Å². The van der Waals surface area contributed by atoms with E-state index in [0.717, 1.165) is 4.47 Å². The van der Waals surface area contributed by atoms with Gasteiger partial charge in [0.1, 0.15) is 5.82 Å². The van der Waals surface area contributed by atoms with Gasteiger partial charge in [-0.3, -0.25) is 0 Å². The summed E-state index contributed by atoms with van der Waals surface area (Å²) in [6, 6.07) is 9.65. The van der Waals surface area contributed by atoms with Gasteiger partial charge in [-0.05, 0) is 36.4 Å². The Kier molecular flexibility index (Phi) is 3.54. The molecule has 0 saturated heterocycles. The predicted molar refractivity (Wildman–Crippen MR) is 73.2 cm³/mol. The minimum Gasteiger partial charge on any atom is -0.397 e. The van der Waals surface area contributed by atoms with Crippen molar-refractivity contribution in [3.8, 4) is 0 Å². The first-order chi connectivity index (χ1) is 8.06. The van der Waals surface area contributed by atoms with Crippen LogP contribution in [0.15, 0.2) is 40.9 Å². The van der Waals surface area contributed by atoms with E-state index in [0.29, 0.717) is 22.1 Å². The summed E-state index contributed by atoms with van der Waals surface area (Å²) in [7, 11) is 0. The van der Waals surface area contributed by atoms with Crippen molar-refractivity contribution in [3.63, 3.8) is 0 Å².